The van der Waals surface area contributed by atoms with E-state index in [0.717, 1.165) is 16.7 Å². The predicted octanol–water partition coefficient (Wildman–Crippen LogP) is 6.39. The van der Waals surface area contributed by atoms with Crippen molar-refractivity contribution in [2.45, 2.75) is 78.0 Å². The molecular formula is C36H44FN3O4. The van der Waals surface area contributed by atoms with Crippen molar-refractivity contribution in [2.24, 2.45) is 11.1 Å². The molecule has 0 heterocycles. The monoisotopic (exact) mass is 601 g/mol. The lowest BCUT2D eigenvalue weighted by molar-refractivity contribution is -0.149. The van der Waals surface area contributed by atoms with Crippen LogP contribution < -0.4 is 16.4 Å². The Morgan fingerprint density at radius 1 is 0.932 bits per heavy atom. The van der Waals surface area contributed by atoms with Crippen molar-refractivity contribution < 1.29 is 23.5 Å². The van der Waals surface area contributed by atoms with Gasteiger partial charge in [0.25, 0.3) is 5.91 Å². The molecule has 3 aromatic carbocycles. The van der Waals surface area contributed by atoms with Gasteiger partial charge in [0.1, 0.15) is 11.9 Å². The van der Waals surface area contributed by atoms with E-state index in [1.54, 1.807) is 19.1 Å². The van der Waals surface area contributed by atoms with Crippen molar-refractivity contribution in [1.29, 1.82) is 0 Å². The van der Waals surface area contributed by atoms with Crippen LogP contribution in [0.1, 0.15) is 71.0 Å². The van der Waals surface area contributed by atoms with E-state index in [-0.39, 0.29) is 24.2 Å². The lowest BCUT2D eigenvalue weighted by Gasteiger charge is -2.36. The van der Waals surface area contributed by atoms with Crippen LogP contribution in [-0.4, -0.2) is 29.4 Å². The summed E-state index contributed by atoms with van der Waals surface area (Å²) in [6.07, 6.45) is 3.43. The number of aryl methyl sites for hydroxylation is 1. The summed E-state index contributed by atoms with van der Waals surface area (Å²) in [6, 6.07) is 22.4. The number of rotatable bonds is 14. The number of allylic oxidation sites excluding steroid dienone is 1. The molecule has 0 unspecified atom stereocenters. The van der Waals surface area contributed by atoms with Crippen LogP contribution in [0.3, 0.4) is 0 Å². The Hall–Kier alpha value is -4.46. The summed E-state index contributed by atoms with van der Waals surface area (Å²) in [5.74, 6) is -2.06. The van der Waals surface area contributed by atoms with Crippen LogP contribution in [0.25, 0.3) is 11.1 Å². The van der Waals surface area contributed by atoms with Gasteiger partial charge in [0, 0.05) is 5.56 Å². The van der Waals surface area contributed by atoms with Crippen molar-refractivity contribution in [3.05, 3.63) is 108 Å². The first-order chi connectivity index (χ1) is 20.9. The van der Waals surface area contributed by atoms with Gasteiger partial charge in [0.2, 0.25) is 11.8 Å². The van der Waals surface area contributed by atoms with E-state index in [1.807, 2.05) is 94.4 Å². The number of carbonyl (C=O) groups is 3. The highest BCUT2D eigenvalue weighted by Gasteiger charge is 2.45. The van der Waals surface area contributed by atoms with Crippen LogP contribution in [0.2, 0.25) is 0 Å². The molecule has 4 N–H and O–H groups in total. The molecule has 0 aliphatic rings. The third-order valence-electron chi connectivity index (χ3n) is 7.55. The van der Waals surface area contributed by atoms with E-state index in [1.165, 1.54) is 12.3 Å². The second-order valence-electron chi connectivity index (χ2n) is 12.1. The quantitative estimate of drug-likeness (QED) is 0.186. The van der Waals surface area contributed by atoms with E-state index in [0.29, 0.717) is 18.4 Å². The Kier molecular flexibility index (Phi) is 11.9. The first-order valence-electron chi connectivity index (χ1n) is 14.9. The lowest BCUT2D eigenvalue weighted by atomic mass is 9.83. The van der Waals surface area contributed by atoms with Crippen LogP contribution in [0, 0.1) is 11.2 Å². The zero-order valence-electron chi connectivity index (χ0n) is 26.2. The summed E-state index contributed by atoms with van der Waals surface area (Å²) in [5.41, 5.74) is 6.20. The average molecular weight is 602 g/mol. The van der Waals surface area contributed by atoms with Gasteiger partial charge in [-0.1, -0.05) is 99.6 Å². The molecule has 3 rings (SSSR count). The number of nitrogens with one attached hydrogen (secondary N) is 2. The fourth-order valence-corrected chi connectivity index (χ4v) is 5.25. The van der Waals surface area contributed by atoms with Crippen molar-refractivity contribution in [2.75, 3.05) is 0 Å². The highest BCUT2D eigenvalue weighted by molar-refractivity contribution is 5.95. The van der Waals surface area contributed by atoms with E-state index in [2.05, 4.69) is 10.6 Å². The molecule has 0 bridgehead atoms. The maximum absolute atomic E-state index is 15.0. The molecule has 0 aromatic heterocycles. The van der Waals surface area contributed by atoms with Gasteiger partial charge in [-0.3, -0.25) is 14.4 Å². The number of ether oxygens (including phenoxy) is 1. The van der Waals surface area contributed by atoms with Crippen molar-refractivity contribution in [3.63, 3.8) is 0 Å². The normalized spacial score (nSPS) is 14.3. The van der Waals surface area contributed by atoms with E-state index >= 15 is 0 Å². The minimum absolute atomic E-state index is 0.0930. The average Bonchev–Trinajstić information content (AvgIpc) is 2.98. The molecule has 3 aromatic rings. The smallest absolute Gasteiger partial charge is 0.265 e. The lowest BCUT2D eigenvalue weighted by Crippen LogP contribution is -2.60. The molecule has 0 aliphatic carbocycles. The first-order valence-corrected chi connectivity index (χ1v) is 14.9. The van der Waals surface area contributed by atoms with E-state index in [4.69, 9.17) is 10.5 Å². The minimum atomic E-state index is -1.69. The van der Waals surface area contributed by atoms with Gasteiger partial charge in [0.05, 0.1) is 18.7 Å². The molecule has 0 saturated heterocycles. The highest BCUT2D eigenvalue weighted by atomic mass is 19.1. The van der Waals surface area contributed by atoms with Crippen LogP contribution in [0.15, 0.2) is 91.2 Å². The molecule has 7 nitrogen and oxygen atoms in total. The molecule has 0 saturated carbocycles. The highest BCUT2D eigenvalue weighted by Crippen LogP contribution is 2.31. The maximum Gasteiger partial charge on any atom is 0.265 e. The van der Waals surface area contributed by atoms with Gasteiger partial charge in [-0.15, -0.1) is 0 Å². The van der Waals surface area contributed by atoms with Gasteiger partial charge in [-0.2, -0.15) is 0 Å². The standard InChI is InChI=1S/C36H44FN3O4/c1-6-23-44-36(24-30(38)41,22-14-20-28-19-13-21-29(37)31(28)27-17-11-8-12-18-27)34(43)40-32(35(3,4)5)33(42)39-25(2)26-15-9-7-10-16-26/h6-13,15-19,21,23,25,32H,14,20,22,24H2,1-5H3,(H2,38,41)(H,39,42)(H,40,43)/t25-,32-,36-/m1/s1. The van der Waals surface area contributed by atoms with Gasteiger partial charge >= 0.3 is 0 Å². The molecule has 0 fully saturated rings. The van der Waals surface area contributed by atoms with Gasteiger partial charge in [0.15, 0.2) is 5.60 Å². The third kappa shape index (κ3) is 9.02. The van der Waals surface area contributed by atoms with Crippen molar-refractivity contribution in [3.8, 4) is 11.1 Å². The summed E-state index contributed by atoms with van der Waals surface area (Å²) >= 11 is 0. The van der Waals surface area contributed by atoms with Crippen LogP contribution in [-0.2, 0) is 25.5 Å². The van der Waals surface area contributed by atoms with Crippen LogP contribution in [0.5, 0.6) is 0 Å². The predicted molar refractivity (Wildman–Crippen MR) is 172 cm³/mol. The second-order valence-corrected chi connectivity index (χ2v) is 12.1. The molecule has 0 aliphatic heterocycles. The number of primary amides is 1. The number of hydrogen-bond acceptors (Lipinski definition) is 4. The molecular weight excluding hydrogens is 557 g/mol. The van der Waals surface area contributed by atoms with E-state index in [9.17, 15) is 18.8 Å². The molecule has 44 heavy (non-hydrogen) atoms. The summed E-state index contributed by atoms with van der Waals surface area (Å²) in [6.45, 7) is 9.15. The number of hydrogen-bond donors (Lipinski definition) is 3. The summed E-state index contributed by atoms with van der Waals surface area (Å²) < 4.78 is 21.0. The van der Waals surface area contributed by atoms with E-state index < -0.39 is 35.3 Å². The Labute approximate surface area is 260 Å². The Balaban J connectivity index is 1.88. The molecule has 8 heteroatoms. The third-order valence-corrected chi connectivity index (χ3v) is 7.55. The van der Waals surface area contributed by atoms with Gasteiger partial charge in [-0.25, -0.2) is 4.39 Å². The van der Waals surface area contributed by atoms with Crippen LogP contribution >= 0.6 is 0 Å². The first kappa shape index (κ1) is 34.0. The number of benzene rings is 3. The van der Waals surface area contributed by atoms with Gasteiger partial charge in [-0.05, 0) is 61.3 Å². The number of halogens is 1. The molecule has 0 spiro atoms. The summed E-state index contributed by atoms with van der Waals surface area (Å²) in [5, 5.41) is 5.89. The Bertz CT molecular complexity index is 1440. The number of nitrogens with two attached hydrogens (primary N) is 1. The zero-order valence-corrected chi connectivity index (χ0v) is 26.2. The van der Waals surface area contributed by atoms with Gasteiger partial charge < -0.3 is 21.1 Å². The SMILES string of the molecule is CC=CO[C@](CCCc1cccc(F)c1-c1ccccc1)(CC(N)=O)C(=O)N[C@H](C(=O)N[C@H](C)c1ccccc1)C(C)(C)C. The Morgan fingerprint density at radius 2 is 1.57 bits per heavy atom. The number of amides is 3. The second kappa shape index (κ2) is 15.3. The number of carbonyl (C=O) groups excluding carboxylic acids is 3. The largest absolute Gasteiger partial charge is 0.485 e. The summed E-state index contributed by atoms with van der Waals surface area (Å²) in [4.78, 5) is 40.0. The molecule has 234 valence electrons. The maximum atomic E-state index is 15.0. The fourth-order valence-electron chi connectivity index (χ4n) is 5.25. The van der Waals surface area contributed by atoms with Crippen molar-refractivity contribution >= 4 is 17.7 Å². The Morgan fingerprint density at radius 3 is 2.16 bits per heavy atom. The topological polar surface area (TPSA) is 111 Å². The zero-order chi connectivity index (χ0) is 32.3. The van der Waals surface area contributed by atoms with Crippen LogP contribution in [0.4, 0.5) is 4.39 Å². The minimum Gasteiger partial charge on any atom is -0.485 e. The molecule has 3 atom stereocenters. The molecule has 0 radical (unpaired) electrons. The van der Waals surface area contributed by atoms with Crippen molar-refractivity contribution in [1.82, 2.24) is 10.6 Å². The fraction of sp³-hybridized carbons (Fsp3) is 0.361. The molecule has 3 amide bonds. The summed E-state index contributed by atoms with van der Waals surface area (Å²) in [7, 11) is 0.